The first-order chi connectivity index (χ1) is 14.0. The van der Waals surface area contributed by atoms with Gasteiger partial charge in [-0.05, 0) is 49.5 Å². The Morgan fingerprint density at radius 1 is 1.03 bits per heavy atom. The number of hydrogen-bond acceptors (Lipinski definition) is 4. The van der Waals surface area contributed by atoms with Gasteiger partial charge >= 0.3 is 6.18 Å². The van der Waals surface area contributed by atoms with E-state index >= 15 is 0 Å². The van der Waals surface area contributed by atoms with E-state index < -0.39 is 27.7 Å². The third kappa shape index (κ3) is 4.71. The molecule has 1 amide bonds. The molecule has 1 fully saturated rings. The van der Waals surface area contributed by atoms with Gasteiger partial charge in [-0.15, -0.1) is 0 Å². The molecule has 0 bridgehead atoms. The summed E-state index contributed by atoms with van der Waals surface area (Å²) in [5.74, 6) is -0.403. The number of carbonyl (C=O) groups is 1. The molecule has 2 aromatic carbocycles. The van der Waals surface area contributed by atoms with Gasteiger partial charge < -0.3 is 9.80 Å². The van der Waals surface area contributed by atoms with Gasteiger partial charge in [-0.2, -0.15) is 13.2 Å². The largest absolute Gasteiger partial charge is 0.416 e. The molecule has 6 nitrogen and oxygen atoms in total. The topological polar surface area (TPSA) is 69.7 Å². The minimum absolute atomic E-state index is 0.0684. The highest BCUT2D eigenvalue weighted by atomic mass is 35.5. The van der Waals surface area contributed by atoms with E-state index in [0.29, 0.717) is 31.9 Å². The highest BCUT2D eigenvalue weighted by Crippen LogP contribution is 2.31. The molecular weight excluding hydrogens is 443 g/mol. The van der Waals surface area contributed by atoms with Crippen molar-refractivity contribution >= 4 is 33.2 Å². The van der Waals surface area contributed by atoms with Crippen LogP contribution in [0.3, 0.4) is 0 Å². The van der Waals surface area contributed by atoms with Crippen molar-refractivity contribution in [1.29, 1.82) is 0 Å². The normalized spacial score (nSPS) is 15.4. The van der Waals surface area contributed by atoms with Gasteiger partial charge in [0.2, 0.25) is 10.0 Å². The summed E-state index contributed by atoms with van der Waals surface area (Å²) in [6.07, 6.45) is -4.39. The lowest BCUT2D eigenvalue weighted by Gasteiger charge is -2.36. The van der Waals surface area contributed by atoms with Crippen molar-refractivity contribution in [2.24, 2.45) is 0 Å². The zero-order valence-electron chi connectivity index (χ0n) is 15.9. The fraction of sp³-hybridized carbons (Fsp3) is 0.316. The van der Waals surface area contributed by atoms with Gasteiger partial charge in [0.05, 0.1) is 21.0 Å². The number of anilines is 1. The van der Waals surface area contributed by atoms with Crippen LogP contribution in [0.25, 0.3) is 0 Å². The molecule has 0 saturated carbocycles. The van der Waals surface area contributed by atoms with E-state index in [9.17, 15) is 26.4 Å². The highest BCUT2D eigenvalue weighted by Gasteiger charge is 2.30. The number of halogens is 4. The second kappa shape index (κ2) is 8.44. The van der Waals surface area contributed by atoms with Crippen LogP contribution < -0.4 is 9.62 Å². The summed E-state index contributed by atoms with van der Waals surface area (Å²) in [4.78, 5) is 16.2. The SMILES string of the molecule is CNS(=O)(=O)c1ccc(Cl)c(C(=O)N2CCN(c3ccc(C(F)(F)F)cc3)CC2)c1. The van der Waals surface area contributed by atoms with Crippen LogP contribution in [0.4, 0.5) is 18.9 Å². The summed E-state index contributed by atoms with van der Waals surface area (Å²) in [5, 5.41) is 0.139. The van der Waals surface area contributed by atoms with Gasteiger partial charge in [0.1, 0.15) is 0 Å². The Balaban J connectivity index is 1.71. The van der Waals surface area contributed by atoms with E-state index in [1.807, 2.05) is 4.90 Å². The number of nitrogens with zero attached hydrogens (tertiary/aromatic N) is 2. The first-order valence-electron chi connectivity index (χ1n) is 8.97. The standard InChI is InChI=1S/C19H19ClF3N3O3S/c1-24-30(28,29)15-6-7-17(20)16(12-15)18(27)26-10-8-25(9-11-26)14-4-2-13(3-5-14)19(21,22)23/h2-7,12,24H,8-11H2,1H3. The summed E-state index contributed by atoms with van der Waals surface area (Å²) >= 11 is 6.11. The van der Waals surface area contributed by atoms with E-state index in [1.54, 1.807) is 0 Å². The molecule has 0 spiro atoms. The Bertz CT molecular complexity index is 1040. The van der Waals surface area contributed by atoms with Crippen LogP contribution >= 0.6 is 11.6 Å². The summed E-state index contributed by atoms with van der Waals surface area (Å²) in [7, 11) is -2.46. The molecule has 1 saturated heterocycles. The lowest BCUT2D eigenvalue weighted by Crippen LogP contribution is -2.48. The Kier molecular flexibility index (Phi) is 6.30. The van der Waals surface area contributed by atoms with Crippen molar-refractivity contribution in [2.45, 2.75) is 11.1 Å². The number of alkyl halides is 3. The van der Waals surface area contributed by atoms with Gasteiger partial charge in [-0.3, -0.25) is 4.79 Å². The third-order valence-electron chi connectivity index (χ3n) is 4.87. The first kappa shape index (κ1) is 22.4. The summed E-state index contributed by atoms with van der Waals surface area (Å²) < 4.78 is 64.3. The quantitative estimate of drug-likeness (QED) is 0.759. The van der Waals surface area contributed by atoms with E-state index in [0.717, 1.165) is 12.1 Å². The number of benzene rings is 2. The molecule has 1 aliphatic heterocycles. The number of nitrogens with one attached hydrogen (secondary N) is 1. The average molecular weight is 462 g/mol. The third-order valence-corrected chi connectivity index (χ3v) is 6.62. The zero-order valence-corrected chi connectivity index (χ0v) is 17.5. The van der Waals surface area contributed by atoms with Gasteiger partial charge in [0, 0.05) is 31.9 Å². The first-order valence-corrected chi connectivity index (χ1v) is 10.8. The fourth-order valence-electron chi connectivity index (χ4n) is 3.15. The molecule has 0 aromatic heterocycles. The van der Waals surface area contributed by atoms with Gasteiger partial charge in [0.15, 0.2) is 0 Å². The van der Waals surface area contributed by atoms with Crippen LogP contribution in [0, 0.1) is 0 Å². The van der Waals surface area contributed by atoms with Crippen LogP contribution in [0.5, 0.6) is 0 Å². The molecule has 1 N–H and O–H groups in total. The van der Waals surface area contributed by atoms with Crippen molar-refractivity contribution in [3.63, 3.8) is 0 Å². The molecule has 0 atom stereocenters. The van der Waals surface area contributed by atoms with Crippen molar-refractivity contribution in [3.8, 4) is 0 Å². The lowest BCUT2D eigenvalue weighted by molar-refractivity contribution is -0.137. The van der Waals surface area contributed by atoms with Crippen molar-refractivity contribution in [2.75, 3.05) is 38.1 Å². The number of amides is 1. The second-order valence-corrected chi connectivity index (χ2v) is 8.97. The molecule has 2 aromatic rings. The molecule has 0 aliphatic carbocycles. The monoisotopic (exact) mass is 461 g/mol. The van der Waals surface area contributed by atoms with Gasteiger partial charge in [-0.1, -0.05) is 11.6 Å². The van der Waals surface area contributed by atoms with Crippen LogP contribution in [0.15, 0.2) is 47.4 Å². The maximum absolute atomic E-state index is 12.9. The Labute approximate surface area is 177 Å². The Hall–Kier alpha value is -2.30. The zero-order chi connectivity index (χ0) is 22.1. The van der Waals surface area contributed by atoms with Crippen molar-refractivity contribution in [3.05, 3.63) is 58.6 Å². The molecule has 1 heterocycles. The second-order valence-electron chi connectivity index (χ2n) is 6.67. The summed E-state index contributed by atoms with van der Waals surface area (Å²) in [6, 6.07) is 8.77. The summed E-state index contributed by atoms with van der Waals surface area (Å²) in [6.45, 7) is 1.48. The number of rotatable bonds is 4. The molecule has 0 radical (unpaired) electrons. The average Bonchev–Trinajstić information content (AvgIpc) is 2.73. The van der Waals surface area contributed by atoms with Crippen LogP contribution in [0.1, 0.15) is 15.9 Å². The molecule has 3 rings (SSSR count). The maximum Gasteiger partial charge on any atom is 0.416 e. The number of sulfonamides is 1. The minimum Gasteiger partial charge on any atom is -0.368 e. The predicted molar refractivity (Wildman–Crippen MR) is 107 cm³/mol. The smallest absolute Gasteiger partial charge is 0.368 e. The van der Waals surface area contributed by atoms with Crippen molar-refractivity contribution in [1.82, 2.24) is 9.62 Å². The van der Waals surface area contributed by atoms with E-state index in [-0.39, 0.29) is 15.5 Å². The van der Waals surface area contributed by atoms with Crippen molar-refractivity contribution < 1.29 is 26.4 Å². The lowest BCUT2D eigenvalue weighted by atomic mass is 10.1. The molecule has 0 unspecified atom stereocenters. The van der Waals surface area contributed by atoms with E-state index in [4.69, 9.17) is 11.6 Å². The van der Waals surface area contributed by atoms with Gasteiger partial charge in [-0.25, -0.2) is 13.1 Å². The van der Waals surface area contributed by atoms with Crippen LogP contribution in [-0.2, 0) is 16.2 Å². The van der Waals surface area contributed by atoms with Crippen LogP contribution in [0.2, 0.25) is 5.02 Å². The molecule has 30 heavy (non-hydrogen) atoms. The number of hydrogen-bond donors (Lipinski definition) is 1. The maximum atomic E-state index is 12.9. The van der Waals surface area contributed by atoms with E-state index in [1.165, 1.54) is 42.3 Å². The Morgan fingerprint density at radius 3 is 2.17 bits per heavy atom. The number of carbonyl (C=O) groups excluding carboxylic acids is 1. The van der Waals surface area contributed by atoms with Gasteiger partial charge in [0.25, 0.3) is 5.91 Å². The molecular formula is C19H19ClF3N3O3S. The fourth-order valence-corrected chi connectivity index (χ4v) is 4.11. The molecule has 1 aliphatic rings. The molecule has 162 valence electrons. The highest BCUT2D eigenvalue weighted by molar-refractivity contribution is 7.89. The summed E-state index contributed by atoms with van der Waals surface area (Å²) in [5.41, 5.74) is -0.00248. The number of piperazine rings is 1. The van der Waals surface area contributed by atoms with Crippen LogP contribution in [-0.4, -0.2) is 52.5 Å². The molecule has 11 heteroatoms. The predicted octanol–water partition coefficient (Wildman–Crippen LogP) is 3.23. The van der Waals surface area contributed by atoms with E-state index in [2.05, 4.69) is 4.72 Å². The Morgan fingerprint density at radius 2 is 1.63 bits per heavy atom. The minimum atomic E-state index is -4.39.